The number of hydrogen-bond donors (Lipinski definition) is 1. The smallest absolute Gasteiger partial charge is 0.175 e. The van der Waals surface area contributed by atoms with Crippen LogP contribution in [-0.2, 0) is 11.3 Å². The van der Waals surface area contributed by atoms with E-state index in [0.717, 1.165) is 41.0 Å². The van der Waals surface area contributed by atoms with Crippen LogP contribution in [0.2, 0.25) is 0 Å². The van der Waals surface area contributed by atoms with E-state index < -0.39 is 0 Å². The third-order valence-electron chi connectivity index (χ3n) is 3.04. The Bertz CT molecular complexity index is 424. The first-order valence-corrected chi connectivity index (χ1v) is 8.06. The molecule has 21 heavy (non-hydrogen) atoms. The van der Waals surface area contributed by atoms with Crippen molar-refractivity contribution in [2.24, 2.45) is 5.92 Å². The van der Waals surface area contributed by atoms with Crippen LogP contribution < -0.4 is 14.8 Å². The SMILES string of the molecule is COCCNCc1cc(Br)c(OCCC(C)C)c(OC)c1. The molecule has 1 aromatic carbocycles. The first kappa shape index (κ1) is 18.3. The predicted molar refractivity (Wildman–Crippen MR) is 89.2 cm³/mol. The van der Waals surface area contributed by atoms with Crippen molar-refractivity contribution < 1.29 is 14.2 Å². The van der Waals surface area contributed by atoms with E-state index in [1.807, 2.05) is 6.07 Å². The summed E-state index contributed by atoms with van der Waals surface area (Å²) in [5.74, 6) is 2.16. The van der Waals surface area contributed by atoms with Gasteiger partial charge in [-0.25, -0.2) is 0 Å². The number of ether oxygens (including phenoxy) is 3. The third-order valence-corrected chi connectivity index (χ3v) is 3.63. The van der Waals surface area contributed by atoms with E-state index in [-0.39, 0.29) is 0 Å². The van der Waals surface area contributed by atoms with Gasteiger partial charge in [-0.3, -0.25) is 0 Å². The molecule has 0 bridgehead atoms. The van der Waals surface area contributed by atoms with Gasteiger partial charge < -0.3 is 19.5 Å². The van der Waals surface area contributed by atoms with Gasteiger partial charge in [0.1, 0.15) is 0 Å². The Balaban J connectivity index is 2.67. The molecule has 0 radical (unpaired) electrons. The van der Waals surface area contributed by atoms with Gasteiger partial charge in [0.15, 0.2) is 11.5 Å². The highest BCUT2D eigenvalue weighted by atomic mass is 79.9. The van der Waals surface area contributed by atoms with Gasteiger partial charge in [-0.2, -0.15) is 0 Å². The molecule has 4 nitrogen and oxygen atoms in total. The average molecular weight is 360 g/mol. The number of nitrogens with one attached hydrogen (secondary N) is 1. The first-order chi connectivity index (χ1) is 10.1. The number of rotatable bonds is 10. The van der Waals surface area contributed by atoms with Gasteiger partial charge in [0, 0.05) is 20.2 Å². The Morgan fingerprint density at radius 3 is 2.57 bits per heavy atom. The van der Waals surface area contributed by atoms with Crippen molar-refractivity contribution in [2.45, 2.75) is 26.8 Å². The fourth-order valence-electron chi connectivity index (χ4n) is 1.82. The zero-order chi connectivity index (χ0) is 15.7. The summed E-state index contributed by atoms with van der Waals surface area (Å²) in [6, 6.07) is 4.07. The van der Waals surface area contributed by atoms with Gasteiger partial charge in [0.05, 0.1) is 24.8 Å². The van der Waals surface area contributed by atoms with E-state index >= 15 is 0 Å². The Kier molecular flexibility index (Phi) is 8.73. The van der Waals surface area contributed by atoms with Crippen molar-refractivity contribution >= 4 is 15.9 Å². The molecule has 0 saturated heterocycles. The quantitative estimate of drug-likeness (QED) is 0.647. The fraction of sp³-hybridized carbons (Fsp3) is 0.625. The molecule has 0 saturated carbocycles. The molecule has 0 spiro atoms. The molecule has 1 aromatic rings. The van der Waals surface area contributed by atoms with Crippen LogP contribution in [0, 0.1) is 5.92 Å². The first-order valence-electron chi connectivity index (χ1n) is 7.27. The summed E-state index contributed by atoms with van der Waals surface area (Å²) in [6.07, 6.45) is 1.02. The van der Waals surface area contributed by atoms with Crippen LogP contribution in [0.5, 0.6) is 11.5 Å². The lowest BCUT2D eigenvalue weighted by molar-refractivity contribution is 0.199. The second-order valence-corrected chi connectivity index (χ2v) is 6.16. The van der Waals surface area contributed by atoms with Gasteiger partial charge >= 0.3 is 0 Å². The molecule has 0 unspecified atom stereocenters. The summed E-state index contributed by atoms with van der Waals surface area (Å²) >= 11 is 3.57. The molecular weight excluding hydrogens is 334 g/mol. The number of benzene rings is 1. The van der Waals surface area contributed by atoms with Crippen molar-refractivity contribution in [1.82, 2.24) is 5.32 Å². The van der Waals surface area contributed by atoms with Crippen LogP contribution in [0.25, 0.3) is 0 Å². The average Bonchev–Trinajstić information content (AvgIpc) is 2.45. The van der Waals surface area contributed by atoms with E-state index in [0.29, 0.717) is 19.1 Å². The molecule has 0 amide bonds. The van der Waals surface area contributed by atoms with E-state index in [1.165, 1.54) is 0 Å². The maximum Gasteiger partial charge on any atom is 0.175 e. The van der Waals surface area contributed by atoms with E-state index in [2.05, 4.69) is 41.2 Å². The zero-order valence-corrected chi connectivity index (χ0v) is 15.0. The van der Waals surface area contributed by atoms with Crippen molar-refractivity contribution in [3.05, 3.63) is 22.2 Å². The molecule has 0 heterocycles. The molecule has 1 N–H and O–H groups in total. The molecule has 0 aliphatic heterocycles. The Morgan fingerprint density at radius 1 is 1.19 bits per heavy atom. The fourth-order valence-corrected chi connectivity index (χ4v) is 2.42. The van der Waals surface area contributed by atoms with E-state index in [4.69, 9.17) is 14.2 Å². The van der Waals surface area contributed by atoms with Crippen LogP contribution in [0.1, 0.15) is 25.8 Å². The van der Waals surface area contributed by atoms with Gasteiger partial charge in [-0.15, -0.1) is 0 Å². The predicted octanol–water partition coefficient (Wildman–Crippen LogP) is 3.62. The minimum Gasteiger partial charge on any atom is -0.493 e. The molecule has 120 valence electrons. The summed E-state index contributed by atoms with van der Waals surface area (Å²) in [7, 11) is 3.36. The van der Waals surface area contributed by atoms with Crippen molar-refractivity contribution in [2.75, 3.05) is 34.0 Å². The van der Waals surface area contributed by atoms with Gasteiger partial charge in [0.25, 0.3) is 0 Å². The Hall–Kier alpha value is -0.780. The van der Waals surface area contributed by atoms with Gasteiger partial charge in [-0.1, -0.05) is 13.8 Å². The maximum atomic E-state index is 5.86. The molecule has 0 aliphatic carbocycles. The van der Waals surface area contributed by atoms with Crippen LogP contribution >= 0.6 is 15.9 Å². The monoisotopic (exact) mass is 359 g/mol. The highest BCUT2D eigenvalue weighted by Gasteiger charge is 2.12. The van der Waals surface area contributed by atoms with Crippen molar-refractivity contribution in [1.29, 1.82) is 0 Å². The minimum absolute atomic E-state index is 0.624. The normalized spacial score (nSPS) is 11.0. The Morgan fingerprint density at radius 2 is 1.95 bits per heavy atom. The number of halogens is 1. The summed E-state index contributed by atoms with van der Waals surface area (Å²) < 4.78 is 17.2. The summed E-state index contributed by atoms with van der Waals surface area (Å²) in [4.78, 5) is 0. The summed E-state index contributed by atoms with van der Waals surface area (Å²) in [5.41, 5.74) is 1.14. The largest absolute Gasteiger partial charge is 0.493 e. The number of hydrogen-bond acceptors (Lipinski definition) is 4. The number of methoxy groups -OCH3 is 2. The van der Waals surface area contributed by atoms with E-state index in [9.17, 15) is 0 Å². The third kappa shape index (κ3) is 6.68. The second kappa shape index (κ2) is 10.0. The van der Waals surface area contributed by atoms with Crippen molar-refractivity contribution in [3.8, 4) is 11.5 Å². The second-order valence-electron chi connectivity index (χ2n) is 5.31. The molecule has 0 aromatic heterocycles. The molecule has 0 aliphatic rings. The van der Waals surface area contributed by atoms with Crippen LogP contribution in [-0.4, -0.2) is 34.0 Å². The lowest BCUT2D eigenvalue weighted by Gasteiger charge is -2.15. The standard InChI is InChI=1S/C16H26BrNO3/c1-12(2)5-7-21-16-14(17)9-13(10-15(16)20-4)11-18-6-8-19-3/h9-10,12,18H,5-8,11H2,1-4H3. The summed E-state index contributed by atoms with van der Waals surface area (Å²) in [5, 5.41) is 3.32. The maximum absolute atomic E-state index is 5.86. The zero-order valence-electron chi connectivity index (χ0n) is 13.4. The topological polar surface area (TPSA) is 39.7 Å². The van der Waals surface area contributed by atoms with Gasteiger partial charge in [0.2, 0.25) is 0 Å². The van der Waals surface area contributed by atoms with Crippen LogP contribution in [0.15, 0.2) is 16.6 Å². The molecular formula is C16H26BrNO3. The lowest BCUT2D eigenvalue weighted by atomic mass is 10.1. The highest BCUT2D eigenvalue weighted by Crippen LogP contribution is 2.36. The van der Waals surface area contributed by atoms with Crippen molar-refractivity contribution in [3.63, 3.8) is 0 Å². The van der Waals surface area contributed by atoms with Gasteiger partial charge in [-0.05, 0) is 46.0 Å². The molecule has 5 heteroatoms. The Labute approximate surface area is 136 Å². The van der Waals surface area contributed by atoms with Crippen LogP contribution in [0.3, 0.4) is 0 Å². The molecule has 1 rings (SSSR count). The lowest BCUT2D eigenvalue weighted by Crippen LogP contribution is -2.18. The highest BCUT2D eigenvalue weighted by molar-refractivity contribution is 9.10. The van der Waals surface area contributed by atoms with Crippen LogP contribution in [0.4, 0.5) is 0 Å². The summed E-state index contributed by atoms with van der Waals surface area (Å²) in [6.45, 7) is 7.36. The molecule has 0 fully saturated rings. The minimum atomic E-state index is 0.624. The van der Waals surface area contributed by atoms with E-state index in [1.54, 1.807) is 14.2 Å². The molecule has 0 atom stereocenters.